The van der Waals surface area contributed by atoms with Crippen LogP contribution in [0.1, 0.15) is 12.0 Å². The lowest BCUT2D eigenvalue weighted by molar-refractivity contribution is 0.0617. The van der Waals surface area contributed by atoms with Gasteiger partial charge in [0.05, 0.1) is 0 Å². The van der Waals surface area contributed by atoms with Crippen LogP contribution >= 0.6 is 11.3 Å². The van der Waals surface area contributed by atoms with Crippen molar-refractivity contribution in [3.05, 3.63) is 46.7 Å². The summed E-state index contributed by atoms with van der Waals surface area (Å²) in [6, 6.07) is 10.3. The minimum Gasteiger partial charge on any atom is -0.486 e. The highest BCUT2D eigenvalue weighted by molar-refractivity contribution is 7.07. The lowest BCUT2D eigenvalue weighted by atomic mass is 10.0. The quantitative estimate of drug-likeness (QED) is 0.917. The predicted octanol–water partition coefficient (Wildman–Crippen LogP) is 3.11. The lowest BCUT2D eigenvalue weighted by Gasteiger charge is -2.32. The third-order valence-corrected chi connectivity index (χ3v) is 4.41. The van der Waals surface area contributed by atoms with E-state index in [4.69, 9.17) is 9.47 Å². The van der Waals surface area contributed by atoms with Crippen molar-refractivity contribution >= 4 is 11.3 Å². The van der Waals surface area contributed by atoms with Gasteiger partial charge in [0.25, 0.3) is 0 Å². The summed E-state index contributed by atoms with van der Waals surface area (Å²) < 4.78 is 11.9. The minimum absolute atomic E-state index is 0.0635. The maximum atomic E-state index is 6.07. The van der Waals surface area contributed by atoms with Crippen LogP contribution in [0.15, 0.2) is 41.1 Å². The van der Waals surface area contributed by atoms with E-state index < -0.39 is 0 Å². The molecular weight excluding hydrogens is 270 g/mol. The maximum absolute atomic E-state index is 6.07. The Bertz CT molecular complexity index is 541. The fourth-order valence-corrected chi connectivity index (χ4v) is 3.21. The summed E-state index contributed by atoms with van der Waals surface area (Å²) in [4.78, 5) is 0. The Morgan fingerprint density at radius 2 is 2.15 bits per heavy atom. The largest absolute Gasteiger partial charge is 0.486 e. The SMILES string of the molecule is CNC(CCc1ccsc1)C1COc2ccccc2O1. The number of hydrogen-bond donors (Lipinski definition) is 1. The molecule has 0 fully saturated rings. The number of para-hydroxylation sites is 2. The number of ether oxygens (including phenoxy) is 2. The molecule has 20 heavy (non-hydrogen) atoms. The van der Waals surface area contributed by atoms with Crippen molar-refractivity contribution in [3.8, 4) is 11.5 Å². The molecule has 1 aliphatic rings. The number of likely N-dealkylation sites (N-methyl/N-ethyl adjacent to an activating group) is 1. The first-order chi connectivity index (χ1) is 9.86. The van der Waals surface area contributed by atoms with Crippen LogP contribution in [-0.4, -0.2) is 25.8 Å². The van der Waals surface area contributed by atoms with Gasteiger partial charge < -0.3 is 14.8 Å². The van der Waals surface area contributed by atoms with Gasteiger partial charge in [0.2, 0.25) is 0 Å². The molecule has 0 saturated heterocycles. The Labute approximate surface area is 123 Å². The van der Waals surface area contributed by atoms with Gasteiger partial charge in [-0.2, -0.15) is 11.3 Å². The van der Waals surface area contributed by atoms with E-state index in [1.165, 1.54) is 5.56 Å². The van der Waals surface area contributed by atoms with E-state index in [1.807, 2.05) is 31.3 Å². The van der Waals surface area contributed by atoms with E-state index in [9.17, 15) is 0 Å². The summed E-state index contributed by atoms with van der Waals surface area (Å²) in [5.74, 6) is 1.69. The Morgan fingerprint density at radius 3 is 2.90 bits per heavy atom. The molecule has 1 aliphatic heterocycles. The normalized spacial score (nSPS) is 18.8. The van der Waals surface area contributed by atoms with Gasteiger partial charge in [-0.15, -0.1) is 0 Å². The fourth-order valence-electron chi connectivity index (χ4n) is 2.51. The first-order valence-corrected chi connectivity index (χ1v) is 7.88. The van der Waals surface area contributed by atoms with Crippen LogP contribution in [-0.2, 0) is 6.42 Å². The van der Waals surface area contributed by atoms with E-state index in [2.05, 4.69) is 22.1 Å². The van der Waals surface area contributed by atoms with Crippen LogP contribution in [0.4, 0.5) is 0 Å². The molecule has 0 bridgehead atoms. The Kier molecular flexibility index (Phi) is 4.23. The van der Waals surface area contributed by atoms with Gasteiger partial charge in [0.1, 0.15) is 12.7 Å². The Hall–Kier alpha value is -1.52. The molecule has 2 aromatic rings. The van der Waals surface area contributed by atoms with Gasteiger partial charge in [-0.1, -0.05) is 12.1 Å². The summed E-state index contributed by atoms with van der Waals surface area (Å²) in [6.45, 7) is 0.603. The molecule has 2 unspecified atom stereocenters. The van der Waals surface area contributed by atoms with Crippen LogP contribution in [0.3, 0.4) is 0 Å². The Morgan fingerprint density at radius 1 is 1.30 bits per heavy atom. The zero-order chi connectivity index (χ0) is 13.8. The first kappa shape index (κ1) is 13.5. The molecule has 3 rings (SSSR count). The number of hydrogen-bond acceptors (Lipinski definition) is 4. The summed E-state index contributed by atoms with van der Waals surface area (Å²) >= 11 is 1.75. The number of aryl methyl sites for hydroxylation is 1. The zero-order valence-electron chi connectivity index (χ0n) is 11.5. The average molecular weight is 289 g/mol. The molecule has 0 saturated carbocycles. The number of fused-ring (bicyclic) bond motifs is 1. The number of rotatable bonds is 5. The number of nitrogens with one attached hydrogen (secondary N) is 1. The van der Waals surface area contributed by atoms with Gasteiger partial charge in [0, 0.05) is 6.04 Å². The smallest absolute Gasteiger partial charge is 0.161 e. The topological polar surface area (TPSA) is 30.5 Å². The molecule has 0 radical (unpaired) electrons. The second-order valence-corrected chi connectivity index (χ2v) is 5.76. The number of thiophene rings is 1. The summed E-state index contributed by atoms with van der Waals surface area (Å²) in [5.41, 5.74) is 1.40. The van der Waals surface area contributed by atoms with Crippen molar-refractivity contribution in [2.45, 2.75) is 25.0 Å². The van der Waals surface area contributed by atoms with Crippen LogP contribution in [0.25, 0.3) is 0 Å². The van der Waals surface area contributed by atoms with Crippen LogP contribution < -0.4 is 14.8 Å². The fraction of sp³-hybridized carbons (Fsp3) is 0.375. The molecule has 1 N–H and O–H groups in total. The average Bonchev–Trinajstić information content (AvgIpc) is 3.01. The van der Waals surface area contributed by atoms with Crippen molar-refractivity contribution in [2.24, 2.45) is 0 Å². The van der Waals surface area contributed by atoms with Crippen LogP contribution in [0.2, 0.25) is 0 Å². The molecule has 3 nitrogen and oxygen atoms in total. The van der Waals surface area contributed by atoms with E-state index in [-0.39, 0.29) is 6.10 Å². The van der Waals surface area contributed by atoms with Crippen molar-refractivity contribution in [1.29, 1.82) is 0 Å². The van der Waals surface area contributed by atoms with Gasteiger partial charge in [-0.3, -0.25) is 0 Å². The number of benzene rings is 1. The van der Waals surface area contributed by atoms with Crippen LogP contribution in [0.5, 0.6) is 11.5 Å². The van der Waals surface area contributed by atoms with Crippen molar-refractivity contribution in [2.75, 3.05) is 13.7 Å². The van der Waals surface area contributed by atoms with Crippen molar-refractivity contribution in [3.63, 3.8) is 0 Å². The standard InChI is InChI=1S/C16H19NO2S/c1-17-13(7-6-12-8-9-20-11-12)16-10-18-14-4-2-3-5-15(14)19-16/h2-5,8-9,11,13,16-17H,6-7,10H2,1H3. The van der Waals surface area contributed by atoms with E-state index in [1.54, 1.807) is 11.3 Å². The van der Waals surface area contributed by atoms with Gasteiger partial charge in [0.15, 0.2) is 11.5 Å². The molecule has 106 valence electrons. The predicted molar refractivity (Wildman–Crippen MR) is 81.8 cm³/mol. The highest BCUT2D eigenvalue weighted by Gasteiger charge is 2.27. The summed E-state index contributed by atoms with van der Waals surface area (Å²) in [7, 11) is 1.99. The van der Waals surface area contributed by atoms with E-state index >= 15 is 0 Å². The highest BCUT2D eigenvalue weighted by atomic mass is 32.1. The van der Waals surface area contributed by atoms with E-state index in [0.717, 1.165) is 24.3 Å². The summed E-state index contributed by atoms with van der Waals surface area (Å²) in [6.07, 6.45) is 2.17. The van der Waals surface area contributed by atoms with Crippen molar-refractivity contribution < 1.29 is 9.47 Å². The van der Waals surface area contributed by atoms with Crippen molar-refractivity contribution in [1.82, 2.24) is 5.32 Å². The minimum atomic E-state index is 0.0635. The molecule has 2 heterocycles. The van der Waals surface area contributed by atoms with Gasteiger partial charge in [-0.05, 0) is 54.4 Å². The molecule has 0 amide bonds. The second-order valence-electron chi connectivity index (χ2n) is 4.98. The maximum Gasteiger partial charge on any atom is 0.161 e. The highest BCUT2D eigenvalue weighted by Crippen LogP contribution is 2.32. The monoisotopic (exact) mass is 289 g/mol. The molecular formula is C16H19NO2S. The Balaban J connectivity index is 1.62. The lowest BCUT2D eigenvalue weighted by Crippen LogP contribution is -2.46. The molecule has 0 spiro atoms. The molecule has 1 aromatic carbocycles. The first-order valence-electron chi connectivity index (χ1n) is 6.93. The van der Waals surface area contributed by atoms with Gasteiger partial charge >= 0.3 is 0 Å². The third-order valence-electron chi connectivity index (χ3n) is 3.67. The molecule has 2 atom stereocenters. The van der Waals surface area contributed by atoms with Crippen LogP contribution in [0, 0.1) is 0 Å². The molecule has 4 heteroatoms. The van der Waals surface area contributed by atoms with Gasteiger partial charge in [-0.25, -0.2) is 0 Å². The summed E-state index contributed by atoms with van der Waals surface area (Å²) in [5, 5.41) is 7.70. The molecule has 0 aliphatic carbocycles. The van der Waals surface area contributed by atoms with E-state index in [0.29, 0.717) is 12.6 Å². The second kappa shape index (κ2) is 6.29. The third kappa shape index (κ3) is 2.97. The molecule has 1 aromatic heterocycles. The zero-order valence-corrected chi connectivity index (χ0v) is 12.4.